The minimum absolute atomic E-state index is 0.578. The lowest BCUT2D eigenvalue weighted by molar-refractivity contribution is 0.121. The molecule has 1 saturated heterocycles. The number of anilines is 1. The second-order valence-electron chi connectivity index (χ2n) is 6.94. The predicted octanol–water partition coefficient (Wildman–Crippen LogP) is 4.25. The van der Waals surface area contributed by atoms with Gasteiger partial charge in [0.1, 0.15) is 5.76 Å². The summed E-state index contributed by atoms with van der Waals surface area (Å²) in [7, 11) is 0. The predicted molar refractivity (Wildman–Crippen MR) is 117 cm³/mol. The highest BCUT2D eigenvalue weighted by Gasteiger charge is 2.21. The lowest BCUT2D eigenvalue weighted by Gasteiger charge is -2.27. The largest absolute Gasteiger partial charge is 0.467 e. The van der Waals surface area contributed by atoms with Gasteiger partial charge in [0.25, 0.3) is 0 Å². The van der Waals surface area contributed by atoms with Crippen LogP contribution >= 0.6 is 23.4 Å². The number of hydrogen-bond donors (Lipinski definition) is 0. The first-order valence-electron chi connectivity index (χ1n) is 9.73. The molecule has 0 unspecified atom stereocenters. The maximum atomic E-state index is 6.34. The van der Waals surface area contributed by atoms with Crippen molar-refractivity contribution in [3.05, 3.63) is 65.2 Å². The van der Waals surface area contributed by atoms with E-state index in [0.29, 0.717) is 30.5 Å². The number of pyridine rings is 1. The third kappa shape index (κ3) is 3.90. The van der Waals surface area contributed by atoms with Gasteiger partial charge >= 0.3 is 0 Å². The number of ether oxygens (including phenoxy) is 1. The lowest BCUT2D eigenvalue weighted by atomic mass is 10.1. The maximum absolute atomic E-state index is 6.34. The molecular formula is C21H20ClN5O2S. The van der Waals surface area contributed by atoms with Gasteiger partial charge < -0.3 is 14.1 Å². The molecule has 1 aliphatic rings. The summed E-state index contributed by atoms with van der Waals surface area (Å²) in [6, 6.07) is 11.7. The van der Waals surface area contributed by atoms with Crippen LogP contribution in [0.3, 0.4) is 0 Å². The van der Waals surface area contributed by atoms with Gasteiger partial charge in [0, 0.05) is 35.4 Å². The van der Waals surface area contributed by atoms with Crippen LogP contribution < -0.4 is 4.90 Å². The summed E-state index contributed by atoms with van der Waals surface area (Å²) < 4.78 is 13.2. The van der Waals surface area contributed by atoms with Crippen molar-refractivity contribution in [2.45, 2.75) is 17.5 Å². The quantitative estimate of drug-likeness (QED) is 0.414. The number of furan rings is 1. The Labute approximate surface area is 183 Å². The van der Waals surface area contributed by atoms with Crippen molar-refractivity contribution < 1.29 is 9.15 Å². The van der Waals surface area contributed by atoms with Crippen LogP contribution in [0.4, 0.5) is 5.95 Å². The highest BCUT2D eigenvalue weighted by Crippen LogP contribution is 2.31. The van der Waals surface area contributed by atoms with Crippen molar-refractivity contribution in [3.8, 4) is 0 Å². The van der Waals surface area contributed by atoms with Gasteiger partial charge in [0.2, 0.25) is 5.95 Å². The summed E-state index contributed by atoms with van der Waals surface area (Å²) in [5.74, 6) is 2.42. The molecule has 30 heavy (non-hydrogen) atoms. The first-order chi connectivity index (χ1) is 14.8. The van der Waals surface area contributed by atoms with Crippen molar-refractivity contribution in [1.82, 2.24) is 19.7 Å². The minimum atomic E-state index is 0.578. The fourth-order valence-electron chi connectivity index (χ4n) is 3.54. The van der Waals surface area contributed by atoms with Gasteiger partial charge in [-0.25, -0.2) is 0 Å². The van der Waals surface area contributed by atoms with Crippen molar-refractivity contribution in [2.75, 3.05) is 31.2 Å². The summed E-state index contributed by atoms with van der Waals surface area (Å²) in [5.41, 5.74) is 2.03. The second kappa shape index (κ2) is 8.67. The lowest BCUT2D eigenvalue weighted by Crippen LogP contribution is -2.38. The molecular weight excluding hydrogens is 422 g/mol. The Morgan fingerprint density at radius 2 is 1.97 bits per heavy atom. The number of hydrogen-bond acceptors (Lipinski definition) is 7. The van der Waals surface area contributed by atoms with Crippen LogP contribution in [-0.4, -0.2) is 46.1 Å². The zero-order valence-corrected chi connectivity index (χ0v) is 17.8. The van der Waals surface area contributed by atoms with Crippen LogP contribution in [0, 0.1) is 0 Å². The van der Waals surface area contributed by atoms with E-state index in [9.17, 15) is 0 Å². The molecule has 1 fully saturated rings. The molecule has 0 radical (unpaired) electrons. The van der Waals surface area contributed by atoms with E-state index in [1.54, 1.807) is 24.2 Å². The monoisotopic (exact) mass is 441 g/mol. The zero-order chi connectivity index (χ0) is 20.3. The van der Waals surface area contributed by atoms with Gasteiger partial charge in [-0.05, 0) is 35.9 Å². The highest BCUT2D eigenvalue weighted by molar-refractivity contribution is 7.98. The van der Waals surface area contributed by atoms with Gasteiger partial charge in [-0.15, -0.1) is 10.2 Å². The third-order valence-electron chi connectivity index (χ3n) is 5.04. The smallest absolute Gasteiger partial charge is 0.228 e. The van der Waals surface area contributed by atoms with Crippen LogP contribution in [-0.2, 0) is 17.0 Å². The molecule has 4 heterocycles. The Morgan fingerprint density at radius 1 is 1.07 bits per heavy atom. The molecule has 7 nitrogen and oxygen atoms in total. The molecule has 0 N–H and O–H groups in total. The Balaban J connectivity index is 1.44. The number of nitrogens with zero attached hydrogens (tertiary/aromatic N) is 5. The Bertz CT molecular complexity index is 1140. The number of benzene rings is 1. The number of thioether (sulfide) groups is 1. The second-order valence-corrected chi connectivity index (χ2v) is 8.29. The van der Waals surface area contributed by atoms with E-state index in [0.717, 1.165) is 46.4 Å². The van der Waals surface area contributed by atoms with Crippen LogP contribution in [0.1, 0.15) is 11.3 Å². The van der Waals surface area contributed by atoms with Crippen molar-refractivity contribution >= 4 is 40.2 Å². The average molecular weight is 442 g/mol. The fraction of sp³-hybridized carbons (Fsp3) is 0.286. The molecule has 0 amide bonds. The Hall–Kier alpha value is -2.55. The van der Waals surface area contributed by atoms with E-state index < -0.39 is 0 Å². The molecule has 1 aliphatic heterocycles. The molecule has 0 saturated carbocycles. The van der Waals surface area contributed by atoms with Crippen LogP contribution in [0.25, 0.3) is 10.9 Å². The molecule has 4 aromatic rings. The summed E-state index contributed by atoms with van der Waals surface area (Å²) in [6.45, 7) is 3.56. The van der Waals surface area contributed by atoms with E-state index in [1.807, 2.05) is 36.4 Å². The molecule has 0 atom stereocenters. The molecule has 1 aromatic carbocycles. The van der Waals surface area contributed by atoms with Crippen molar-refractivity contribution in [3.63, 3.8) is 0 Å². The normalized spacial score (nSPS) is 14.5. The van der Waals surface area contributed by atoms with Gasteiger partial charge in [0.15, 0.2) is 5.16 Å². The molecule has 0 bridgehead atoms. The average Bonchev–Trinajstić information content (AvgIpc) is 3.45. The van der Waals surface area contributed by atoms with E-state index in [1.165, 1.54) is 0 Å². The van der Waals surface area contributed by atoms with Crippen LogP contribution in [0.2, 0.25) is 5.02 Å². The van der Waals surface area contributed by atoms with Gasteiger partial charge in [-0.3, -0.25) is 9.55 Å². The third-order valence-corrected chi connectivity index (χ3v) is 6.39. The SMILES string of the molecule is Clc1ccc(CSc2nnc(N3CCOCC3)n2Cc2ccco2)c2ncccc12. The number of rotatable bonds is 6. The standard InChI is InChI=1S/C21H20ClN5O2S/c22-18-6-5-15(19-17(18)4-1-7-23-19)14-30-21-25-24-20(26-8-11-28-12-9-26)27(21)13-16-3-2-10-29-16/h1-7,10H,8-9,11-14H2. The van der Waals surface area contributed by atoms with Crippen LogP contribution in [0.15, 0.2) is 58.4 Å². The van der Waals surface area contributed by atoms with Gasteiger partial charge in [-0.2, -0.15) is 0 Å². The Morgan fingerprint density at radius 3 is 2.80 bits per heavy atom. The minimum Gasteiger partial charge on any atom is -0.467 e. The molecule has 0 aliphatic carbocycles. The fourth-order valence-corrected chi connectivity index (χ4v) is 4.67. The van der Waals surface area contributed by atoms with E-state index >= 15 is 0 Å². The van der Waals surface area contributed by atoms with E-state index in [4.69, 9.17) is 20.8 Å². The summed E-state index contributed by atoms with van der Waals surface area (Å²) in [6.07, 6.45) is 3.48. The molecule has 0 spiro atoms. The number of aromatic nitrogens is 4. The summed E-state index contributed by atoms with van der Waals surface area (Å²) in [4.78, 5) is 6.75. The van der Waals surface area contributed by atoms with E-state index in [2.05, 4.69) is 24.6 Å². The highest BCUT2D eigenvalue weighted by atomic mass is 35.5. The first-order valence-corrected chi connectivity index (χ1v) is 11.1. The molecule has 3 aromatic heterocycles. The number of morpholine rings is 1. The molecule has 154 valence electrons. The van der Waals surface area contributed by atoms with Gasteiger partial charge in [-0.1, -0.05) is 29.4 Å². The molecule has 9 heteroatoms. The van der Waals surface area contributed by atoms with Gasteiger partial charge in [0.05, 0.1) is 31.5 Å². The first kappa shape index (κ1) is 19.4. The molecule has 5 rings (SSSR count). The van der Waals surface area contributed by atoms with Crippen LogP contribution in [0.5, 0.6) is 0 Å². The number of halogens is 1. The zero-order valence-electron chi connectivity index (χ0n) is 16.2. The van der Waals surface area contributed by atoms with E-state index in [-0.39, 0.29) is 0 Å². The topological polar surface area (TPSA) is 69.2 Å². The summed E-state index contributed by atoms with van der Waals surface area (Å²) >= 11 is 7.98. The number of fused-ring (bicyclic) bond motifs is 1. The summed E-state index contributed by atoms with van der Waals surface area (Å²) in [5, 5.41) is 11.5. The maximum Gasteiger partial charge on any atom is 0.228 e. The Kier molecular flexibility index (Phi) is 5.61. The van der Waals surface area contributed by atoms with Crippen molar-refractivity contribution in [1.29, 1.82) is 0 Å². The van der Waals surface area contributed by atoms with Crippen molar-refractivity contribution in [2.24, 2.45) is 0 Å².